The molecule has 0 atom stereocenters. The van der Waals surface area contributed by atoms with Crippen molar-refractivity contribution in [2.24, 2.45) is 0 Å². The van der Waals surface area contributed by atoms with Gasteiger partial charge in [0.25, 0.3) is 0 Å². The average Bonchev–Trinajstić information content (AvgIpc) is 2.82. The van der Waals surface area contributed by atoms with Gasteiger partial charge in [0.2, 0.25) is 0 Å². The quantitative estimate of drug-likeness (QED) is 0.313. The summed E-state index contributed by atoms with van der Waals surface area (Å²) < 4.78 is 0. The summed E-state index contributed by atoms with van der Waals surface area (Å²) >= 11 is 1.57. The van der Waals surface area contributed by atoms with E-state index in [-0.39, 0.29) is 0 Å². The standard InChI is InChI=1S/C20H20S.C8H10.C2H6/c1-6-9-14-18(8-3)17(5)21-20(12-7-2)19-15-11-10-13-16(19)4;1-2-8-6-4-3-5-7-8;1-2/h3,6-7,9-15H,2,5H2,1,4H3;3-7H,2H2,1H3;1-2H3/b9-6-,18-14+,20-12+;;. The van der Waals surface area contributed by atoms with Crippen LogP contribution in [0, 0.1) is 19.3 Å². The molecular weight excluding hydrogens is 392 g/mol. The van der Waals surface area contributed by atoms with Crippen molar-refractivity contribution < 1.29 is 0 Å². The second-order valence-electron chi connectivity index (χ2n) is 6.20. The fourth-order valence-corrected chi connectivity index (χ4v) is 3.46. The molecule has 1 heteroatoms. The topological polar surface area (TPSA) is 0 Å². The van der Waals surface area contributed by atoms with E-state index in [4.69, 9.17) is 6.42 Å². The highest BCUT2D eigenvalue weighted by molar-refractivity contribution is 8.12. The van der Waals surface area contributed by atoms with E-state index in [1.54, 1.807) is 17.8 Å². The number of hydrogen-bond donors (Lipinski definition) is 0. The van der Waals surface area contributed by atoms with Crippen LogP contribution in [0.25, 0.3) is 4.91 Å². The maximum atomic E-state index is 5.57. The van der Waals surface area contributed by atoms with E-state index in [1.165, 1.54) is 16.7 Å². The maximum absolute atomic E-state index is 5.57. The molecule has 0 aliphatic carbocycles. The van der Waals surface area contributed by atoms with Gasteiger partial charge in [0.05, 0.1) is 0 Å². The molecule has 0 spiro atoms. The molecule has 2 rings (SSSR count). The predicted molar refractivity (Wildman–Crippen MR) is 145 cm³/mol. The molecule has 0 amide bonds. The Hall–Kier alpha value is -2.95. The van der Waals surface area contributed by atoms with Gasteiger partial charge in [0.15, 0.2) is 0 Å². The Morgan fingerprint density at radius 2 is 1.65 bits per heavy atom. The van der Waals surface area contributed by atoms with Gasteiger partial charge < -0.3 is 0 Å². The van der Waals surface area contributed by atoms with E-state index in [0.29, 0.717) is 0 Å². The molecule has 0 aromatic heterocycles. The van der Waals surface area contributed by atoms with Gasteiger partial charge in [0, 0.05) is 15.4 Å². The first kappa shape index (κ1) is 28.1. The molecule has 0 nitrogen and oxygen atoms in total. The van der Waals surface area contributed by atoms with Gasteiger partial charge in [-0.3, -0.25) is 0 Å². The lowest BCUT2D eigenvalue weighted by Gasteiger charge is -2.11. The first-order valence-electron chi connectivity index (χ1n) is 10.7. The lowest BCUT2D eigenvalue weighted by atomic mass is 10.1. The summed E-state index contributed by atoms with van der Waals surface area (Å²) in [4.78, 5) is 1.95. The second-order valence-corrected chi connectivity index (χ2v) is 7.33. The third-order valence-corrected chi connectivity index (χ3v) is 5.12. The number of thioether (sulfide) groups is 1. The van der Waals surface area contributed by atoms with Crippen molar-refractivity contribution in [3.63, 3.8) is 0 Å². The number of allylic oxidation sites excluding steroid dienone is 6. The summed E-state index contributed by atoms with van der Waals surface area (Å²) in [5.74, 6) is 2.69. The van der Waals surface area contributed by atoms with Crippen LogP contribution < -0.4 is 0 Å². The van der Waals surface area contributed by atoms with Crippen LogP contribution in [0.3, 0.4) is 0 Å². The summed E-state index contributed by atoms with van der Waals surface area (Å²) in [5.41, 5.74) is 4.59. The Kier molecular flexibility index (Phi) is 16.2. The van der Waals surface area contributed by atoms with Crippen molar-refractivity contribution in [2.75, 3.05) is 0 Å². The lowest BCUT2D eigenvalue weighted by molar-refractivity contribution is 1.14. The number of aryl methyl sites for hydroxylation is 2. The van der Waals surface area contributed by atoms with E-state index in [1.807, 2.05) is 63.3 Å². The largest absolute Gasteiger partial charge is 0.115 e. The van der Waals surface area contributed by atoms with Crippen molar-refractivity contribution in [1.29, 1.82) is 0 Å². The highest BCUT2D eigenvalue weighted by Gasteiger charge is 2.08. The molecule has 0 aliphatic rings. The molecule has 31 heavy (non-hydrogen) atoms. The summed E-state index contributed by atoms with van der Waals surface area (Å²) in [7, 11) is 0. The van der Waals surface area contributed by atoms with Crippen LogP contribution in [-0.2, 0) is 6.42 Å². The third kappa shape index (κ3) is 11.1. The Balaban J connectivity index is 0.000000745. The summed E-state index contributed by atoms with van der Waals surface area (Å²) in [5, 5.41) is 0. The molecular formula is C30H36S. The molecule has 2 aromatic rings. The van der Waals surface area contributed by atoms with Gasteiger partial charge in [-0.2, -0.15) is 0 Å². The Morgan fingerprint density at radius 3 is 2.13 bits per heavy atom. The second kappa shape index (κ2) is 17.9. The Bertz CT molecular complexity index is 918. The Morgan fingerprint density at radius 1 is 1.03 bits per heavy atom. The van der Waals surface area contributed by atoms with Crippen LogP contribution in [-0.4, -0.2) is 0 Å². The van der Waals surface area contributed by atoms with Crippen LogP contribution in [0.4, 0.5) is 0 Å². The number of terminal acetylenes is 1. The molecule has 0 fully saturated rings. The summed E-state index contributed by atoms with van der Waals surface area (Å²) in [6, 6.07) is 18.7. The van der Waals surface area contributed by atoms with Crippen LogP contribution in [0.1, 0.15) is 44.4 Å². The molecule has 0 bridgehead atoms. The van der Waals surface area contributed by atoms with Crippen molar-refractivity contribution in [2.45, 2.75) is 41.0 Å². The summed E-state index contributed by atoms with van der Waals surface area (Å²) in [6.45, 7) is 18.1. The van der Waals surface area contributed by atoms with Gasteiger partial charge >= 0.3 is 0 Å². The van der Waals surface area contributed by atoms with E-state index < -0.39 is 0 Å². The van der Waals surface area contributed by atoms with Crippen molar-refractivity contribution in [3.05, 3.63) is 125 Å². The van der Waals surface area contributed by atoms with E-state index in [9.17, 15) is 0 Å². The van der Waals surface area contributed by atoms with Crippen LogP contribution in [0.5, 0.6) is 0 Å². The number of benzene rings is 2. The van der Waals surface area contributed by atoms with Gasteiger partial charge in [0.1, 0.15) is 0 Å². The fourth-order valence-electron chi connectivity index (χ4n) is 2.45. The third-order valence-electron chi connectivity index (χ3n) is 4.08. The monoisotopic (exact) mass is 428 g/mol. The van der Waals surface area contributed by atoms with E-state index in [2.05, 4.69) is 69.3 Å². The highest BCUT2D eigenvalue weighted by atomic mass is 32.2. The van der Waals surface area contributed by atoms with Crippen LogP contribution in [0.15, 0.2) is 109 Å². The van der Waals surface area contributed by atoms with E-state index >= 15 is 0 Å². The first-order chi connectivity index (χ1) is 15.1. The molecule has 0 heterocycles. The van der Waals surface area contributed by atoms with Crippen LogP contribution in [0.2, 0.25) is 0 Å². The number of hydrogen-bond acceptors (Lipinski definition) is 1. The van der Waals surface area contributed by atoms with E-state index in [0.717, 1.165) is 21.8 Å². The molecule has 0 aliphatic heterocycles. The van der Waals surface area contributed by atoms with Crippen molar-refractivity contribution in [1.82, 2.24) is 0 Å². The maximum Gasteiger partial charge on any atom is 0.0376 e. The highest BCUT2D eigenvalue weighted by Crippen LogP contribution is 2.37. The molecule has 0 radical (unpaired) electrons. The minimum atomic E-state index is 0.793. The predicted octanol–water partition coefficient (Wildman–Crippen LogP) is 9.18. The minimum absolute atomic E-state index is 0.793. The minimum Gasteiger partial charge on any atom is -0.115 e. The van der Waals surface area contributed by atoms with Gasteiger partial charge in [-0.15, -0.1) is 6.42 Å². The van der Waals surface area contributed by atoms with Gasteiger partial charge in [-0.05, 0) is 49.1 Å². The fraction of sp³-hybridized carbons (Fsp3) is 0.200. The van der Waals surface area contributed by atoms with Crippen LogP contribution >= 0.6 is 11.8 Å². The molecule has 0 N–H and O–H groups in total. The normalized spacial score (nSPS) is 10.8. The van der Waals surface area contributed by atoms with Crippen molar-refractivity contribution in [3.8, 4) is 12.3 Å². The SMILES string of the molecule is C#C/C(=C\C=C/C)C(=C)S/C(=C/C=C)c1ccccc1C.CC.CCc1ccccc1. The summed E-state index contributed by atoms with van der Waals surface area (Å²) in [6.07, 6.45) is 16.2. The Labute approximate surface area is 195 Å². The number of rotatable bonds is 7. The molecule has 2 aromatic carbocycles. The molecule has 0 saturated heterocycles. The molecule has 0 unspecified atom stereocenters. The van der Waals surface area contributed by atoms with Gasteiger partial charge in [-0.1, -0.05) is 124 Å². The first-order valence-corrected chi connectivity index (χ1v) is 11.5. The van der Waals surface area contributed by atoms with Crippen molar-refractivity contribution >= 4 is 16.7 Å². The molecule has 0 saturated carbocycles. The lowest BCUT2D eigenvalue weighted by Crippen LogP contribution is -1.87. The average molecular weight is 429 g/mol. The zero-order valence-electron chi connectivity index (χ0n) is 19.7. The molecule has 162 valence electrons. The zero-order valence-corrected chi connectivity index (χ0v) is 20.5. The van der Waals surface area contributed by atoms with Gasteiger partial charge in [-0.25, -0.2) is 0 Å². The smallest absolute Gasteiger partial charge is 0.0376 e. The zero-order chi connectivity index (χ0) is 23.5.